The second-order valence-electron chi connectivity index (χ2n) is 2.90. The lowest BCUT2D eigenvalue weighted by molar-refractivity contribution is -0.118. The number of primary amides is 1. The molecule has 0 fully saturated rings. The molecule has 5 heteroatoms. The summed E-state index contributed by atoms with van der Waals surface area (Å²) < 4.78 is 1.85. The summed E-state index contributed by atoms with van der Waals surface area (Å²) in [6.45, 7) is 0.791. The van der Waals surface area contributed by atoms with Gasteiger partial charge in [-0.25, -0.2) is 4.98 Å². The van der Waals surface area contributed by atoms with E-state index in [-0.39, 0.29) is 5.91 Å². The molecule has 0 bridgehead atoms. The Kier molecular flexibility index (Phi) is 3.31. The minimum atomic E-state index is -0.251. The van der Waals surface area contributed by atoms with Crippen molar-refractivity contribution in [3.8, 4) is 0 Å². The Balaban J connectivity index is 2.20. The molecule has 0 atom stereocenters. The average Bonchev–Trinajstić information content (AvgIpc) is 2.45. The minimum absolute atomic E-state index is 0.251. The Morgan fingerprint density at radius 3 is 2.85 bits per heavy atom. The van der Waals surface area contributed by atoms with Crippen LogP contribution in [0, 0.1) is 0 Å². The maximum atomic E-state index is 10.4. The highest BCUT2D eigenvalue weighted by Gasteiger charge is 1.98. The topological polar surface area (TPSA) is 86.9 Å². The van der Waals surface area contributed by atoms with Crippen molar-refractivity contribution in [2.45, 2.75) is 25.8 Å². The number of rotatable bonds is 5. The molecule has 0 unspecified atom stereocenters. The molecule has 72 valence electrons. The number of imidazole rings is 1. The van der Waals surface area contributed by atoms with Crippen molar-refractivity contribution in [2.75, 3.05) is 5.73 Å². The normalized spacial score (nSPS) is 10.2. The zero-order valence-corrected chi connectivity index (χ0v) is 7.44. The van der Waals surface area contributed by atoms with Crippen LogP contribution in [0.1, 0.15) is 19.3 Å². The van der Waals surface area contributed by atoms with Gasteiger partial charge in [-0.15, -0.1) is 0 Å². The van der Waals surface area contributed by atoms with E-state index in [4.69, 9.17) is 11.5 Å². The second kappa shape index (κ2) is 4.49. The number of hydrogen-bond donors (Lipinski definition) is 2. The Morgan fingerprint density at radius 1 is 1.54 bits per heavy atom. The van der Waals surface area contributed by atoms with Crippen LogP contribution in [0.5, 0.6) is 0 Å². The number of nitrogens with two attached hydrogens (primary N) is 2. The monoisotopic (exact) mass is 182 g/mol. The molecule has 1 rings (SSSR count). The maximum Gasteiger partial charge on any atom is 0.217 e. The van der Waals surface area contributed by atoms with Crippen molar-refractivity contribution in [3.63, 3.8) is 0 Å². The zero-order valence-electron chi connectivity index (χ0n) is 7.44. The zero-order chi connectivity index (χ0) is 9.68. The molecule has 0 aliphatic heterocycles. The first-order chi connectivity index (χ1) is 6.20. The third-order valence-corrected chi connectivity index (χ3v) is 1.82. The number of anilines is 1. The van der Waals surface area contributed by atoms with E-state index in [0.29, 0.717) is 12.4 Å². The van der Waals surface area contributed by atoms with Crippen LogP contribution in [0.3, 0.4) is 0 Å². The van der Waals surface area contributed by atoms with Gasteiger partial charge in [-0.3, -0.25) is 4.79 Å². The van der Waals surface area contributed by atoms with Crippen LogP contribution in [0.15, 0.2) is 12.4 Å². The minimum Gasteiger partial charge on any atom is -0.370 e. The third kappa shape index (κ3) is 3.14. The lowest BCUT2D eigenvalue weighted by Crippen LogP contribution is -2.10. The molecule has 5 nitrogen and oxygen atoms in total. The average molecular weight is 182 g/mol. The number of aromatic nitrogens is 2. The molecule has 0 aromatic carbocycles. The van der Waals surface area contributed by atoms with E-state index in [1.54, 1.807) is 6.20 Å². The molecule has 1 aromatic rings. The quantitative estimate of drug-likeness (QED) is 0.634. The van der Waals surface area contributed by atoms with Gasteiger partial charge in [0.25, 0.3) is 0 Å². The highest BCUT2D eigenvalue weighted by Crippen LogP contribution is 2.03. The SMILES string of the molecule is NC(=O)CCCCn1ccnc1N. The van der Waals surface area contributed by atoms with E-state index in [0.717, 1.165) is 19.4 Å². The molecule has 1 aromatic heterocycles. The van der Waals surface area contributed by atoms with Crippen molar-refractivity contribution >= 4 is 11.9 Å². The molecule has 0 aliphatic rings. The summed E-state index contributed by atoms with van der Waals surface area (Å²) in [6, 6.07) is 0. The Hall–Kier alpha value is -1.52. The van der Waals surface area contributed by atoms with Crippen LogP contribution in [0.4, 0.5) is 5.95 Å². The van der Waals surface area contributed by atoms with E-state index in [9.17, 15) is 4.79 Å². The molecule has 0 saturated carbocycles. The highest BCUT2D eigenvalue weighted by molar-refractivity contribution is 5.73. The van der Waals surface area contributed by atoms with E-state index < -0.39 is 0 Å². The standard InChI is InChI=1S/C8H14N4O/c9-7(13)3-1-2-5-12-6-4-11-8(12)10/h4,6H,1-3,5H2,(H2,9,13)(H2,10,11). The predicted octanol–water partition coefficient (Wildman–Crippen LogP) is 0.121. The lowest BCUT2D eigenvalue weighted by Gasteiger charge is -2.02. The number of carbonyl (C=O) groups excluding carboxylic acids is 1. The first kappa shape index (κ1) is 9.57. The molecular weight excluding hydrogens is 168 g/mol. The van der Waals surface area contributed by atoms with E-state index in [2.05, 4.69) is 4.98 Å². The van der Waals surface area contributed by atoms with Crippen LogP contribution in [0.2, 0.25) is 0 Å². The van der Waals surface area contributed by atoms with Gasteiger partial charge < -0.3 is 16.0 Å². The van der Waals surface area contributed by atoms with Crippen molar-refractivity contribution in [1.29, 1.82) is 0 Å². The summed E-state index contributed by atoms with van der Waals surface area (Å²) >= 11 is 0. The summed E-state index contributed by atoms with van der Waals surface area (Å²) in [6.07, 6.45) is 5.61. The Bertz CT molecular complexity index is 281. The summed E-state index contributed by atoms with van der Waals surface area (Å²) in [5.74, 6) is 0.262. The molecule has 13 heavy (non-hydrogen) atoms. The van der Waals surface area contributed by atoms with Crippen LogP contribution < -0.4 is 11.5 Å². The number of nitrogen functional groups attached to an aromatic ring is 1. The van der Waals surface area contributed by atoms with E-state index in [1.807, 2.05) is 10.8 Å². The van der Waals surface area contributed by atoms with Gasteiger partial charge in [0, 0.05) is 25.4 Å². The Labute approximate surface area is 76.7 Å². The van der Waals surface area contributed by atoms with Gasteiger partial charge in [0.2, 0.25) is 5.91 Å². The fourth-order valence-corrected chi connectivity index (χ4v) is 1.11. The van der Waals surface area contributed by atoms with Crippen molar-refractivity contribution < 1.29 is 4.79 Å². The van der Waals surface area contributed by atoms with Gasteiger partial charge in [-0.2, -0.15) is 0 Å². The van der Waals surface area contributed by atoms with E-state index in [1.165, 1.54) is 0 Å². The smallest absolute Gasteiger partial charge is 0.217 e. The van der Waals surface area contributed by atoms with Crippen LogP contribution in [0.25, 0.3) is 0 Å². The lowest BCUT2D eigenvalue weighted by atomic mass is 10.2. The van der Waals surface area contributed by atoms with Gasteiger partial charge in [-0.05, 0) is 12.8 Å². The Morgan fingerprint density at radius 2 is 2.31 bits per heavy atom. The molecule has 0 radical (unpaired) electrons. The first-order valence-corrected chi connectivity index (χ1v) is 4.25. The van der Waals surface area contributed by atoms with Crippen molar-refractivity contribution in [1.82, 2.24) is 9.55 Å². The number of nitrogens with zero attached hydrogens (tertiary/aromatic N) is 2. The predicted molar refractivity (Wildman–Crippen MR) is 49.7 cm³/mol. The molecular formula is C8H14N4O. The summed E-state index contributed by atoms with van der Waals surface area (Å²) in [7, 11) is 0. The number of hydrogen-bond acceptors (Lipinski definition) is 3. The highest BCUT2D eigenvalue weighted by atomic mass is 16.1. The largest absolute Gasteiger partial charge is 0.370 e. The van der Waals surface area contributed by atoms with Crippen LogP contribution >= 0.6 is 0 Å². The summed E-state index contributed by atoms with van der Waals surface area (Å²) in [5.41, 5.74) is 10.5. The van der Waals surface area contributed by atoms with Crippen LogP contribution in [-0.2, 0) is 11.3 Å². The molecule has 0 spiro atoms. The summed E-state index contributed by atoms with van der Waals surface area (Å²) in [5, 5.41) is 0. The fraction of sp³-hybridized carbons (Fsp3) is 0.500. The van der Waals surface area contributed by atoms with Gasteiger partial charge in [-0.1, -0.05) is 0 Å². The second-order valence-corrected chi connectivity index (χ2v) is 2.90. The first-order valence-electron chi connectivity index (χ1n) is 4.25. The van der Waals surface area contributed by atoms with Gasteiger partial charge in [0.1, 0.15) is 0 Å². The van der Waals surface area contributed by atoms with Crippen molar-refractivity contribution in [2.24, 2.45) is 5.73 Å². The number of aryl methyl sites for hydroxylation is 1. The molecule has 1 heterocycles. The van der Waals surface area contributed by atoms with Crippen LogP contribution in [-0.4, -0.2) is 15.5 Å². The summed E-state index contributed by atoms with van der Waals surface area (Å²) in [4.78, 5) is 14.3. The number of amides is 1. The fourth-order valence-electron chi connectivity index (χ4n) is 1.11. The third-order valence-electron chi connectivity index (χ3n) is 1.82. The van der Waals surface area contributed by atoms with Gasteiger partial charge in [0.05, 0.1) is 0 Å². The van der Waals surface area contributed by atoms with Crippen molar-refractivity contribution in [3.05, 3.63) is 12.4 Å². The number of carbonyl (C=O) groups is 1. The number of unbranched alkanes of at least 4 members (excludes halogenated alkanes) is 1. The molecule has 1 amide bonds. The maximum absolute atomic E-state index is 10.4. The molecule has 0 aliphatic carbocycles. The molecule has 4 N–H and O–H groups in total. The van der Waals surface area contributed by atoms with E-state index >= 15 is 0 Å². The van der Waals surface area contributed by atoms with Gasteiger partial charge >= 0.3 is 0 Å². The molecule has 0 saturated heterocycles. The van der Waals surface area contributed by atoms with Gasteiger partial charge in [0.15, 0.2) is 5.95 Å².